The molecule has 4 rings (SSSR count). The lowest BCUT2D eigenvalue weighted by atomic mass is 10.1. The largest absolute Gasteiger partial charge is 0.494 e. The highest BCUT2D eigenvalue weighted by Crippen LogP contribution is 2.30. The van der Waals surface area contributed by atoms with E-state index < -0.39 is 23.2 Å². The molecule has 1 N–H and O–H groups in total. The van der Waals surface area contributed by atoms with Crippen LogP contribution in [-0.2, 0) is 17.5 Å². The van der Waals surface area contributed by atoms with E-state index >= 15 is 0 Å². The summed E-state index contributed by atoms with van der Waals surface area (Å²) in [6.07, 6.45) is -2.02. The monoisotopic (exact) mass is 469 g/mol. The molecule has 0 atom stereocenters. The van der Waals surface area contributed by atoms with Gasteiger partial charge in [0.05, 0.1) is 12.2 Å². The second-order valence-electron chi connectivity index (χ2n) is 7.19. The molecule has 34 heavy (non-hydrogen) atoms. The summed E-state index contributed by atoms with van der Waals surface area (Å²) in [5.74, 6) is 0.361. The Bertz CT molecular complexity index is 1380. The highest BCUT2D eigenvalue weighted by Gasteiger charge is 2.30. The Labute approximate surface area is 191 Å². The number of ether oxygens (including phenoxy) is 1. The van der Waals surface area contributed by atoms with E-state index in [1.165, 1.54) is 24.7 Å². The van der Waals surface area contributed by atoms with Crippen molar-refractivity contribution in [1.29, 1.82) is 0 Å². The Kier molecular flexibility index (Phi) is 6.26. The predicted octanol–water partition coefficient (Wildman–Crippen LogP) is 3.91. The molecule has 0 aliphatic heterocycles. The lowest BCUT2D eigenvalue weighted by Crippen LogP contribution is -2.28. The first-order valence-electron chi connectivity index (χ1n) is 10.2. The van der Waals surface area contributed by atoms with E-state index in [1.54, 1.807) is 24.3 Å². The Morgan fingerprint density at radius 3 is 2.41 bits per heavy atom. The van der Waals surface area contributed by atoms with Crippen molar-refractivity contribution < 1.29 is 22.7 Å². The van der Waals surface area contributed by atoms with E-state index in [-0.39, 0.29) is 23.4 Å². The standard InChI is InChI=1S/C23H18F3N5O3/c1-2-34-17-9-7-16(8-10-17)29-19(32)12-31-13-28-21-18(22(31)33)11-27-20(30-21)14-3-5-15(6-4-14)23(24,25)26/h3-11,13H,2,12H2,1H3,(H,29,32). The Hall–Kier alpha value is -4.28. The van der Waals surface area contributed by atoms with Crippen LogP contribution in [0.2, 0.25) is 0 Å². The highest BCUT2D eigenvalue weighted by molar-refractivity contribution is 5.90. The van der Waals surface area contributed by atoms with Crippen molar-refractivity contribution in [3.8, 4) is 17.1 Å². The van der Waals surface area contributed by atoms with Crippen LogP contribution >= 0.6 is 0 Å². The van der Waals surface area contributed by atoms with E-state index in [4.69, 9.17) is 4.74 Å². The molecule has 174 valence electrons. The van der Waals surface area contributed by atoms with Gasteiger partial charge >= 0.3 is 6.18 Å². The molecule has 0 aliphatic carbocycles. The first kappa shape index (κ1) is 22.9. The summed E-state index contributed by atoms with van der Waals surface area (Å²) in [4.78, 5) is 37.5. The topological polar surface area (TPSA) is 99.0 Å². The maximum atomic E-state index is 12.8. The molecule has 11 heteroatoms. The van der Waals surface area contributed by atoms with Crippen molar-refractivity contribution >= 4 is 22.6 Å². The van der Waals surface area contributed by atoms with Crippen LogP contribution in [0.4, 0.5) is 18.9 Å². The number of alkyl halides is 3. The van der Waals surface area contributed by atoms with Crippen LogP contribution in [0, 0.1) is 0 Å². The molecule has 0 aliphatic rings. The molecule has 0 spiro atoms. The number of nitrogens with zero attached hydrogens (tertiary/aromatic N) is 4. The minimum absolute atomic E-state index is 0.0677. The minimum Gasteiger partial charge on any atom is -0.494 e. The molecule has 1 amide bonds. The Morgan fingerprint density at radius 2 is 1.76 bits per heavy atom. The average molecular weight is 469 g/mol. The van der Waals surface area contributed by atoms with E-state index in [1.807, 2.05) is 6.92 Å². The number of amides is 1. The van der Waals surface area contributed by atoms with Crippen LogP contribution in [0.3, 0.4) is 0 Å². The van der Waals surface area contributed by atoms with Gasteiger partial charge in [-0.3, -0.25) is 14.2 Å². The van der Waals surface area contributed by atoms with Gasteiger partial charge in [-0.25, -0.2) is 15.0 Å². The quantitative estimate of drug-likeness (QED) is 0.460. The second kappa shape index (κ2) is 9.30. The minimum atomic E-state index is -4.45. The molecule has 0 unspecified atom stereocenters. The fourth-order valence-electron chi connectivity index (χ4n) is 3.17. The number of carbonyl (C=O) groups is 1. The van der Waals surface area contributed by atoms with Gasteiger partial charge in [-0.05, 0) is 43.3 Å². The third-order valence-corrected chi connectivity index (χ3v) is 4.81. The lowest BCUT2D eigenvalue weighted by molar-refractivity contribution is -0.137. The molecule has 0 saturated carbocycles. The number of halogens is 3. The second-order valence-corrected chi connectivity index (χ2v) is 7.19. The fraction of sp³-hybridized carbons (Fsp3) is 0.174. The normalized spacial score (nSPS) is 11.4. The van der Waals surface area contributed by atoms with E-state index in [0.29, 0.717) is 23.6 Å². The van der Waals surface area contributed by atoms with E-state index in [2.05, 4.69) is 20.3 Å². The summed E-state index contributed by atoms with van der Waals surface area (Å²) < 4.78 is 44.7. The zero-order chi connectivity index (χ0) is 24.3. The van der Waals surface area contributed by atoms with Crippen LogP contribution in [0.15, 0.2) is 65.8 Å². The molecule has 0 bridgehead atoms. The van der Waals surface area contributed by atoms with Gasteiger partial charge in [-0.1, -0.05) is 12.1 Å². The summed E-state index contributed by atoms with van der Waals surface area (Å²) in [5, 5.41) is 2.76. The van der Waals surface area contributed by atoms with Crippen molar-refractivity contribution in [2.45, 2.75) is 19.6 Å². The number of aromatic nitrogens is 4. The first-order chi connectivity index (χ1) is 16.2. The van der Waals surface area contributed by atoms with Crippen LogP contribution in [0.1, 0.15) is 12.5 Å². The summed E-state index contributed by atoms with van der Waals surface area (Å²) >= 11 is 0. The smallest absolute Gasteiger partial charge is 0.416 e. The van der Waals surface area contributed by atoms with Gasteiger partial charge < -0.3 is 10.1 Å². The van der Waals surface area contributed by atoms with Gasteiger partial charge in [-0.15, -0.1) is 0 Å². The number of carbonyl (C=O) groups excluding carboxylic acids is 1. The summed E-state index contributed by atoms with van der Waals surface area (Å²) in [6.45, 7) is 2.11. The first-order valence-corrected chi connectivity index (χ1v) is 10.2. The fourth-order valence-corrected chi connectivity index (χ4v) is 3.17. The van der Waals surface area contributed by atoms with Crippen LogP contribution in [0.5, 0.6) is 5.75 Å². The van der Waals surface area contributed by atoms with Gasteiger partial charge in [0.25, 0.3) is 5.56 Å². The molecular weight excluding hydrogens is 451 g/mol. The van der Waals surface area contributed by atoms with Crippen LogP contribution < -0.4 is 15.6 Å². The van der Waals surface area contributed by atoms with Crippen LogP contribution in [-0.4, -0.2) is 32.0 Å². The molecular formula is C23H18F3N5O3. The number of anilines is 1. The van der Waals surface area contributed by atoms with Crippen molar-refractivity contribution in [3.63, 3.8) is 0 Å². The maximum Gasteiger partial charge on any atom is 0.416 e. The van der Waals surface area contributed by atoms with Gasteiger partial charge in [-0.2, -0.15) is 13.2 Å². The van der Waals surface area contributed by atoms with E-state index in [0.717, 1.165) is 16.7 Å². The summed E-state index contributed by atoms with van der Waals surface area (Å²) in [5.41, 5.74) is -0.360. The lowest BCUT2D eigenvalue weighted by Gasteiger charge is -2.09. The molecule has 0 saturated heterocycles. The molecule has 2 aromatic carbocycles. The van der Waals surface area contributed by atoms with Crippen molar-refractivity contribution in [2.75, 3.05) is 11.9 Å². The number of rotatable bonds is 6. The molecule has 2 aromatic heterocycles. The maximum absolute atomic E-state index is 12.8. The molecule has 0 fully saturated rings. The molecule has 4 aromatic rings. The Balaban J connectivity index is 1.51. The third-order valence-electron chi connectivity index (χ3n) is 4.81. The summed E-state index contributed by atoms with van der Waals surface area (Å²) in [6, 6.07) is 11.1. The molecule has 0 radical (unpaired) electrons. The number of hydrogen-bond acceptors (Lipinski definition) is 6. The zero-order valence-corrected chi connectivity index (χ0v) is 17.8. The third kappa shape index (κ3) is 5.03. The van der Waals surface area contributed by atoms with Crippen molar-refractivity contribution in [3.05, 3.63) is 77.0 Å². The van der Waals surface area contributed by atoms with Gasteiger partial charge in [0.2, 0.25) is 5.91 Å². The van der Waals surface area contributed by atoms with Gasteiger partial charge in [0, 0.05) is 17.4 Å². The van der Waals surface area contributed by atoms with Crippen molar-refractivity contribution in [2.24, 2.45) is 0 Å². The predicted molar refractivity (Wildman–Crippen MR) is 118 cm³/mol. The zero-order valence-electron chi connectivity index (χ0n) is 17.8. The SMILES string of the molecule is CCOc1ccc(NC(=O)Cn2cnc3nc(-c4ccc(C(F)(F)F)cc4)ncc3c2=O)cc1. The number of fused-ring (bicyclic) bond motifs is 1. The number of nitrogens with one attached hydrogen (secondary N) is 1. The number of benzene rings is 2. The van der Waals surface area contributed by atoms with Gasteiger partial charge in [0.15, 0.2) is 11.5 Å². The molecule has 2 heterocycles. The van der Waals surface area contributed by atoms with Crippen LogP contribution in [0.25, 0.3) is 22.4 Å². The Morgan fingerprint density at radius 1 is 1.06 bits per heavy atom. The van der Waals surface area contributed by atoms with E-state index in [9.17, 15) is 22.8 Å². The highest BCUT2D eigenvalue weighted by atomic mass is 19.4. The summed E-state index contributed by atoms with van der Waals surface area (Å²) in [7, 11) is 0. The average Bonchev–Trinajstić information content (AvgIpc) is 2.82. The van der Waals surface area contributed by atoms with Gasteiger partial charge in [0.1, 0.15) is 24.0 Å². The van der Waals surface area contributed by atoms with Crippen molar-refractivity contribution in [1.82, 2.24) is 19.5 Å². The molecule has 8 nitrogen and oxygen atoms in total. The number of hydrogen-bond donors (Lipinski definition) is 1.